The molecule has 0 saturated carbocycles. The topological polar surface area (TPSA) is 53.1 Å². The van der Waals surface area contributed by atoms with Gasteiger partial charge in [-0.05, 0) is 35.4 Å². The molecule has 8 heteroatoms. The number of halogens is 2. The van der Waals surface area contributed by atoms with Crippen molar-refractivity contribution in [3.8, 4) is 17.2 Å². The van der Waals surface area contributed by atoms with Gasteiger partial charge in [-0.25, -0.2) is 4.39 Å². The highest BCUT2D eigenvalue weighted by atomic mass is 19.1. The molecule has 170 valence electrons. The summed E-state index contributed by atoms with van der Waals surface area (Å²) in [7, 11) is 4.67. The van der Waals surface area contributed by atoms with Gasteiger partial charge in [0, 0.05) is 26.3 Å². The second-order valence-electron chi connectivity index (χ2n) is 6.98. The second kappa shape index (κ2) is 11.3. The molecule has 0 radical (unpaired) electrons. The zero-order valence-electron chi connectivity index (χ0n) is 18.3. The first kappa shape index (κ1) is 23.3. The third-order valence-electron chi connectivity index (χ3n) is 4.79. The highest BCUT2D eigenvalue weighted by Gasteiger charge is 2.19. The number of nitrogens with zero attached hydrogens (tertiary/aromatic N) is 2. The molecule has 1 heterocycles. The number of rotatable bonds is 11. The number of anilines is 1. The number of methoxy groups -OCH3 is 3. The molecular weight excluding hydrogens is 418 g/mol. The maximum atomic E-state index is 15.0. The van der Waals surface area contributed by atoms with Crippen molar-refractivity contribution in [1.29, 1.82) is 0 Å². The number of hydrogen-bond donors (Lipinski definition) is 0. The normalized spacial score (nSPS) is 10.7. The van der Waals surface area contributed by atoms with E-state index in [4.69, 9.17) is 18.9 Å². The smallest absolute Gasteiger partial charge is 0.257 e. The first-order valence-electron chi connectivity index (χ1n) is 10.0. The molecule has 2 aromatic carbocycles. The fourth-order valence-electron chi connectivity index (χ4n) is 3.11. The summed E-state index contributed by atoms with van der Waals surface area (Å²) in [5.41, 5.74) is 1.78. The minimum absolute atomic E-state index is 0.0926. The minimum atomic E-state index is -0.882. The van der Waals surface area contributed by atoms with E-state index in [0.717, 1.165) is 17.2 Å². The molecule has 0 aliphatic carbocycles. The Kier molecular flexibility index (Phi) is 8.21. The Balaban J connectivity index is 1.90. The summed E-state index contributed by atoms with van der Waals surface area (Å²) in [5.74, 6) is -0.495. The summed E-state index contributed by atoms with van der Waals surface area (Å²) in [6.45, 7) is 0.964. The van der Waals surface area contributed by atoms with Gasteiger partial charge in [-0.3, -0.25) is 0 Å². The van der Waals surface area contributed by atoms with Gasteiger partial charge in [-0.2, -0.15) is 9.37 Å². The Morgan fingerprint density at radius 1 is 0.781 bits per heavy atom. The molecule has 0 amide bonds. The van der Waals surface area contributed by atoms with Crippen LogP contribution in [-0.2, 0) is 17.8 Å². The van der Waals surface area contributed by atoms with Crippen molar-refractivity contribution in [1.82, 2.24) is 4.98 Å². The summed E-state index contributed by atoms with van der Waals surface area (Å²) in [6, 6.07) is 15.8. The van der Waals surface area contributed by atoms with Gasteiger partial charge in [0.05, 0.1) is 20.8 Å². The molecule has 3 aromatic rings. The summed E-state index contributed by atoms with van der Waals surface area (Å²) >= 11 is 0. The maximum Gasteiger partial charge on any atom is 0.257 e. The minimum Gasteiger partial charge on any atom is -0.497 e. The van der Waals surface area contributed by atoms with Gasteiger partial charge in [-0.15, -0.1) is 0 Å². The molecule has 0 fully saturated rings. The lowest BCUT2D eigenvalue weighted by molar-refractivity contribution is 0.143. The average Bonchev–Trinajstić information content (AvgIpc) is 2.81. The fraction of sp³-hybridized carbons (Fsp3) is 0.292. The highest BCUT2D eigenvalue weighted by Crippen LogP contribution is 2.27. The molecular formula is C24H26F2N2O4. The molecule has 0 N–H and O–H groups in total. The van der Waals surface area contributed by atoms with Crippen molar-refractivity contribution in [3.63, 3.8) is 0 Å². The van der Waals surface area contributed by atoms with Crippen LogP contribution in [0.1, 0.15) is 11.1 Å². The van der Waals surface area contributed by atoms with E-state index >= 15 is 4.39 Å². The molecule has 0 saturated heterocycles. The number of pyridine rings is 1. The lowest BCUT2D eigenvalue weighted by Crippen LogP contribution is -2.25. The van der Waals surface area contributed by atoms with Crippen molar-refractivity contribution in [2.45, 2.75) is 13.1 Å². The summed E-state index contributed by atoms with van der Waals surface area (Å²) < 4.78 is 50.1. The van der Waals surface area contributed by atoms with Crippen LogP contribution in [0.4, 0.5) is 14.6 Å². The third kappa shape index (κ3) is 6.07. The monoisotopic (exact) mass is 444 g/mol. The molecule has 6 nitrogen and oxygen atoms in total. The van der Waals surface area contributed by atoms with Gasteiger partial charge in [0.15, 0.2) is 17.4 Å². The number of hydrogen-bond acceptors (Lipinski definition) is 6. The molecule has 32 heavy (non-hydrogen) atoms. The quantitative estimate of drug-likeness (QED) is 0.318. The highest BCUT2D eigenvalue weighted by molar-refractivity contribution is 5.45. The predicted molar refractivity (Wildman–Crippen MR) is 117 cm³/mol. The summed E-state index contributed by atoms with van der Waals surface area (Å²) in [4.78, 5) is 5.55. The largest absolute Gasteiger partial charge is 0.497 e. The van der Waals surface area contributed by atoms with E-state index in [1.807, 2.05) is 48.5 Å². The number of ether oxygens (including phenoxy) is 4. The molecule has 0 aliphatic heterocycles. The van der Waals surface area contributed by atoms with Crippen LogP contribution in [0.15, 0.2) is 54.6 Å². The van der Waals surface area contributed by atoms with Crippen molar-refractivity contribution in [2.75, 3.05) is 39.4 Å². The first-order chi connectivity index (χ1) is 15.5. The van der Waals surface area contributed by atoms with E-state index in [-0.39, 0.29) is 24.8 Å². The van der Waals surface area contributed by atoms with Gasteiger partial charge in [0.2, 0.25) is 0 Å². The van der Waals surface area contributed by atoms with Crippen LogP contribution in [0.3, 0.4) is 0 Å². The molecule has 1 aromatic heterocycles. The van der Waals surface area contributed by atoms with Crippen molar-refractivity contribution < 1.29 is 27.7 Å². The molecule has 0 bridgehead atoms. The summed E-state index contributed by atoms with van der Waals surface area (Å²) in [5, 5.41) is 0. The van der Waals surface area contributed by atoms with Crippen molar-refractivity contribution >= 4 is 5.82 Å². The van der Waals surface area contributed by atoms with Crippen molar-refractivity contribution in [2.24, 2.45) is 0 Å². The van der Waals surface area contributed by atoms with Gasteiger partial charge in [0.25, 0.3) is 5.95 Å². The van der Waals surface area contributed by atoms with Crippen LogP contribution in [0.2, 0.25) is 0 Å². The maximum absolute atomic E-state index is 15.0. The van der Waals surface area contributed by atoms with E-state index in [1.165, 1.54) is 7.11 Å². The Labute approximate surface area is 186 Å². The molecule has 3 rings (SSSR count). The van der Waals surface area contributed by atoms with Crippen LogP contribution in [0.25, 0.3) is 0 Å². The third-order valence-corrected chi connectivity index (χ3v) is 4.79. The van der Waals surface area contributed by atoms with E-state index in [1.54, 1.807) is 19.1 Å². The number of benzene rings is 2. The lowest BCUT2D eigenvalue weighted by Gasteiger charge is -2.25. The second-order valence-corrected chi connectivity index (χ2v) is 6.98. The van der Waals surface area contributed by atoms with Crippen LogP contribution >= 0.6 is 0 Å². The summed E-state index contributed by atoms with van der Waals surface area (Å²) in [6.07, 6.45) is 0. The zero-order valence-corrected chi connectivity index (χ0v) is 18.3. The van der Waals surface area contributed by atoms with E-state index in [2.05, 4.69) is 4.98 Å². The standard InChI is InChI=1S/C24H26F2N2O4/c1-29-12-13-32-22-14-21(25)24(27-23(22)26)28(15-17-4-8-19(30-2)9-5-17)16-18-6-10-20(31-3)11-7-18/h4-11,14H,12-13,15-16H2,1-3H3. The van der Waals surface area contributed by atoms with E-state index in [9.17, 15) is 4.39 Å². The molecule has 0 spiro atoms. The van der Waals surface area contributed by atoms with Crippen LogP contribution < -0.4 is 19.1 Å². The van der Waals surface area contributed by atoms with Crippen LogP contribution in [-0.4, -0.2) is 39.5 Å². The van der Waals surface area contributed by atoms with E-state index < -0.39 is 11.8 Å². The van der Waals surface area contributed by atoms with Gasteiger partial charge in [-0.1, -0.05) is 24.3 Å². The molecule has 0 unspecified atom stereocenters. The predicted octanol–water partition coefficient (Wildman–Crippen LogP) is 4.61. The fourth-order valence-corrected chi connectivity index (χ4v) is 3.11. The van der Waals surface area contributed by atoms with E-state index in [0.29, 0.717) is 24.6 Å². The van der Waals surface area contributed by atoms with Crippen molar-refractivity contribution in [3.05, 3.63) is 77.5 Å². The lowest BCUT2D eigenvalue weighted by atomic mass is 10.1. The van der Waals surface area contributed by atoms with Gasteiger partial charge in [0.1, 0.15) is 18.1 Å². The Morgan fingerprint density at radius 3 is 1.78 bits per heavy atom. The Bertz CT molecular complexity index is 949. The van der Waals surface area contributed by atoms with Gasteiger partial charge >= 0.3 is 0 Å². The number of aromatic nitrogens is 1. The Morgan fingerprint density at radius 2 is 1.31 bits per heavy atom. The first-order valence-corrected chi connectivity index (χ1v) is 10.0. The SMILES string of the molecule is COCCOc1cc(F)c(N(Cc2ccc(OC)cc2)Cc2ccc(OC)cc2)nc1F. The zero-order chi connectivity index (χ0) is 22.9. The van der Waals surface area contributed by atoms with Gasteiger partial charge < -0.3 is 23.8 Å². The van der Waals surface area contributed by atoms with Crippen LogP contribution in [0.5, 0.6) is 17.2 Å². The van der Waals surface area contributed by atoms with Crippen LogP contribution in [0, 0.1) is 11.8 Å². The average molecular weight is 444 g/mol. The molecule has 0 atom stereocenters. The molecule has 0 aliphatic rings. The Hall–Kier alpha value is -3.39.